The standard InChI is InChI=1S/C7H12Cl5O3P/c8-1-6(2-9)14-16(13,5-12)15-7(3-10)4-11/h6-7H,1-5H2. The summed E-state index contributed by atoms with van der Waals surface area (Å²) in [4.78, 5) is 0. The second kappa shape index (κ2) is 9.52. The number of alkyl halides is 5. The highest BCUT2D eigenvalue weighted by atomic mass is 35.5. The van der Waals surface area contributed by atoms with Gasteiger partial charge in [0.15, 0.2) is 0 Å². The molecular weight excluding hydrogens is 340 g/mol. The van der Waals surface area contributed by atoms with Crippen LogP contribution in [-0.4, -0.2) is 41.3 Å². The molecule has 0 fully saturated rings. The van der Waals surface area contributed by atoms with Gasteiger partial charge in [-0.15, -0.1) is 58.0 Å². The van der Waals surface area contributed by atoms with E-state index in [0.29, 0.717) is 0 Å². The zero-order valence-corrected chi connectivity index (χ0v) is 12.9. The van der Waals surface area contributed by atoms with Gasteiger partial charge in [0.1, 0.15) is 5.62 Å². The minimum Gasteiger partial charge on any atom is -0.302 e. The summed E-state index contributed by atoms with van der Waals surface area (Å²) in [6.45, 7) is 0. The van der Waals surface area contributed by atoms with Gasteiger partial charge in [-0.25, -0.2) is 0 Å². The molecule has 3 nitrogen and oxygen atoms in total. The normalized spacial score (nSPS) is 12.7. The van der Waals surface area contributed by atoms with E-state index in [0.717, 1.165) is 0 Å². The lowest BCUT2D eigenvalue weighted by atomic mass is 10.5. The van der Waals surface area contributed by atoms with Crippen molar-refractivity contribution in [2.75, 3.05) is 29.1 Å². The second-order valence-corrected chi connectivity index (χ2v) is 6.64. The van der Waals surface area contributed by atoms with Crippen molar-refractivity contribution in [3.05, 3.63) is 0 Å². The molecule has 0 aliphatic rings. The van der Waals surface area contributed by atoms with Gasteiger partial charge in [-0.1, -0.05) is 0 Å². The van der Waals surface area contributed by atoms with Crippen molar-refractivity contribution in [3.8, 4) is 0 Å². The molecule has 0 saturated carbocycles. The molecule has 0 atom stereocenters. The molecule has 0 bridgehead atoms. The van der Waals surface area contributed by atoms with Gasteiger partial charge in [-0.2, -0.15) is 0 Å². The Balaban J connectivity index is 4.45. The van der Waals surface area contributed by atoms with E-state index in [1.165, 1.54) is 0 Å². The van der Waals surface area contributed by atoms with Crippen molar-refractivity contribution < 1.29 is 13.6 Å². The maximum Gasteiger partial charge on any atom is 0.346 e. The van der Waals surface area contributed by atoms with Crippen LogP contribution in [0.2, 0.25) is 0 Å². The van der Waals surface area contributed by atoms with Gasteiger partial charge in [0.2, 0.25) is 0 Å². The van der Waals surface area contributed by atoms with Crippen LogP contribution in [0, 0.1) is 0 Å². The lowest BCUT2D eigenvalue weighted by Gasteiger charge is -2.23. The Morgan fingerprint density at radius 3 is 1.31 bits per heavy atom. The Hall–Kier alpha value is 1.60. The Bertz CT molecular complexity index is 204. The predicted octanol–water partition coefficient (Wildman–Crippen LogP) is 4.10. The molecule has 0 aromatic heterocycles. The zero-order valence-electron chi connectivity index (χ0n) is 8.25. The van der Waals surface area contributed by atoms with Crippen LogP contribution >= 0.6 is 65.6 Å². The van der Waals surface area contributed by atoms with Crippen LogP contribution in [0.15, 0.2) is 0 Å². The van der Waals surface area contributed by atoms with Crippen LogP contribution in [0.1, 0.15) is 0 Å². The number of hydrogen-bond acceptors (Lipinski definition) is 3. The van der Waals surface area contributed by atoms with Gasteiger partial charge in [-0.3, -0.25) is 4.57 Å². The molecule has 0 amide bonds. The molecule has 9 heteroatoms. The molecule has 0 aromatic carbocycles. The molecule has 0 aliphatic carbocycles. The second-order valence-electron chi connectivity index (χ2n) is 2.80. The van der Waals surface area contributed by atoms with E-state index in [1.54, 1.807) is 0 Å². The summed E-state index contributed by atoms with van der Waals surface area (Å²) in [6.07, 6.45) is -1.17. The highest BCUT2D eigenvalue weighted by Crippen LogP contribution is 2.51. The lowest BCUT2D eigenvalue weighted by molar-refractivity contribution is 0.150. The highest BCUT2D eigenvalue weighted by Gasteiger charge is 2.30. The van der Waals surface area contributed by atoms with Crippen LogP contribution in [0.4, 0.5) is 0 Å². The Labute approximate surface area is 120 Å². The molecule has 0 aromatic rings. The van der Waals surface area contributed by atoms with Crippen LogP contribution < -0.4 is 0 Å². The molecule has 0 heterocycles. The van der Waals surface area contributed by atoms with Gasteiger partial charge < -0.3 is 9.05 Å². The van der Waals surface area contributed by atoms with Crippen molar-refractivity contribution >= 4 is 65.6 Å². The summed E-state index contributed by atoms with van der Waals surface area (Å²) in [5.74, 6) is 0.390. The van der Waals surface area contributed by atoms with Crippen molar-refractivity contribution in [1.29, 1.82) is 0 Å². The first-order chi connectivity index (χ1) is 7.55. The first-order valence-electron chi connectivity index (χ1n) is 4.30. The Morgan fingerprint density at radius 1 is 0.812 bits per heavy atom. The molecule has 0 radical (unpaired) electrons. The van der Waals surface area contributed by atoms with E-state index in [4.69, 9.17) is 67.1 Å². The summed E-state index contributed by atoms with van der Waals surface area (Å²) in [5.41, 5.74) is -0.304. The molecule has 0 spiro atoms. The SMILES string of the molecule is O=P(CCl)(OC(CCl)CCl)OC(CCl)CCl. The van der Waals surface area contributed by atoms with Gasteiger partial charge >= 0.3 is 7.60 Å². The fraction of sp³-hybridized carbons (Fsp3) is 1.00. The van der Waals surface area contributed by atoms with E-state index < -0.39 is 19.8 Å². The number of halogens is 5. The molecule has 16 heavy (non-hydrogen) atoms. The first-order valence-corrected chi connectivity index (χ1v) is 8.71. The smallest absolute Gasteiger partial charge is 0.302 e. The Morgan fingerprint density at radius 2 is 1.12 bits per heavy atom. The summed E-state index contributed by atoms with van der Waals surface area (Å²) in [5, 5.41) is 0. The zero-order chi connectivity index (χ0) is 12.6. The molecular formula is C7H12Cl5O3P. The van der Waals surface area contributed by atoms with Crippen LogP contribution in [0.3, 0.4) is 0 Å². The fourth-order valence-corrected chi connectivity index (χ4v) is 3.70. The van der Waals surface area contributed by atoms with Crippen LogP contribution in [-0.2, 0) is 13.6 Å². The van der Waals surface area contributed by atoms with Gasteiger partial charge in [0.25, 0.3) is 0 Å². The quantitative estimate of drug-likeness (QED) is 0.463. The predicted molar refractivity (Wildman–Crippen MR) is 71.0 cm³/mol. The van der Waals surface area contributed by atoms with E-state index in [1.807, 2.05) is 0 Å². The average molecular weight is 352 g/mol. The highest BCUT2D eigenvalue weighted by molar-refractivity contribution is 7.55. The first kappa shape index (κ1) is 17.6. The number of rotatable bonds is 9. The molecule has 0 aliphatic heterocycles. The van der Waals surface area contributed by atoms with Crippen LogP contribution in [0.5, 0.6) is 0 Å². The largest absolute Gasteiger partial charge is 0.346 e. The minimum absolute atomic E-state index is 0.0974. The third-order valence-electron chi connectivity index (χ3n) is 1.45. The summed E-state index contributed by atoms with van der Waals surface area (Å²) < 4.78 is 22.3. The van der Waals surface area contributed by atoms with E-state index >= 15 is 0 Å². The minimum atomic E-state index is -3.45. The molecule has 0 unspecified atom stereocenters. The van der Waals surface area contributed by atoms with Gasteiger partial charge in [0.05, 0.1) is 35.7 Å². The van der Waals surface area contributed by atoms with Crippen molar-refractivity contribution in [3.63, 3.8) is 0 Å². The monoisotopic (exact) mass is 350 g/mol. The maximum atomic E-state index is 12.0. The van der Waals surface area contributed by atoms with E-state index in [-0.39, 0.29) is 29.1 Å². The molecule has 0 saturated heterocycles. The lowest BCUT2D eigenvalue weighted by Crippen LogP contribution is -2.21. The third-order valence-corrected chi connectivity index (χ3v) is 5.24. The molecule has 98 valence electrons. The molecule has 0 N–H and O–H groups in total. The van der Waals surface area contributed by atoms with Crippen molar-refractivity contribution in [1.82, 2.24) is 0 Å². The van der Waals surface area contributed by atoms with E-state index in [2.05, 4.69) is 0 Å². The summed E-state index contributed by atoms with van der Waals surface area (Å²) >= 11 is 27.8. The third kappa shape index (κ3) is 6.51. The topological polar surface area (TPSA) is 35.5 Å². The Kier molecular flexibility index (Phi) is 10.5. The fourth-order valence-electron chi connectivity index (χ4n) is 0.731. The van der Waals surface area contributed by atoms with Crippen LogP contribution in [0.25, 0.3) is 0 Å². The van der Waals surface area contributed by atoms with Gasteiger partial charge in [-0.05, 0) is 0 Å². The van der Waals surface area contributed by atoms with Crippen molar-refractivity contribution in [2.24, 2.45) is 0 Å². The van der Waals surface area contributed by atoms with Crippen molar-refractivity contribution in [2.45, 2.75) is 12.2 Å². The van der Waals surface area contributed by atoms with Gasteiger partial charge in [0, 0.05) is 0 Å². The van der Waals surface area contributed by atoms with E-state index in [9.17, 15) is 4.57 Å². The maximum absolute atomic E-state index is 12.0. The summed E-state index contributed by atoms with van der Waals surface area (Å²) in [6, 6.07) is 0. The number of hydrogen-bond donors (Lipinski definition) is 0. The summed E-state index contributed by atoms with van der Waals surface area (Å²) in [7, 11) is -3.45. The average Bonchev–Trinajstić information content (AvgIpc) is 2.33. The molecule has 0 rings (SSSR count).